The molecule has 6 heteroatoms. The van der Waals surface area contributed by atoms with Gasteiger partial charge in [0.15, 0.2) is 0 Å². The van der Waals surface area contributed by atoms with Gasteiger partial charge in [0.05, 0.1) is 17.9 Å². The standard InChI is InChI=1S/C18H19NO4S/c1-12-5-3-4-6-17(12)24(21,22)19-18(20)16-9-7-13-11-14(23-2)8-10-15(13)16/h3-6,8,10-11,16H,7,9H2,1-2H3,(H,19,20). The first-order valence-corrected chi connectivity index (χ1v) is 9.20. The lowest BCUT2D eigenvalue weighted by molar-refractivity contribution is -0.120. The third-order valence-corrected chi connectivity index (χ3v) is 5.87. The van der Waals surface area contributed by atoms with Crippen LogP contribution >= 0.6 is 0 Å². The first kappa shape index (κ1) is 16.5. The van der Waals surface area contributed by atoms with Crippen molar-refractivity contribution in [1.29, 1.82) is 0 Å². The van der Waals surface area contributed by atoms with E-state index in [1.54, 1.807) is 38.3 Å². The minimum absolute atomic E-state index is 0.131. The summed E-state index contributed by atoms with van der Waals surface area (Å²) >= 11 is 0. The van der Waals surface area contributed by atoms with Crippen LogP contribution in [0.4, 0.5) is 0 Å². The number of ether oxygens (including phenoxy) is 1. The van der Waals surface area contributed by atoms with Crippen LogP contribution < -0.4 is 9.46 Å². The highest BCUT2D eigenvalue weighted by Crippen LogP contribution is 2.35. The Morgan fingerprint density at radius 1 is 1.21 bits per heavy atom. The van der Waals surface area contributed by atoms with Crippen molar-refractivity contribution < 1.29 is 17.9 Å². The zero-order valence-corrected chi connectivity index (χ0v) is 14.4. The number of aryl methyl sites for hydroxylation is 2. The summed E-state index contributed by atoms with van der Waals surface area (Å²) in [4.78, 5) is 12.7. The van der Waals surface area contributed by atoms with Gasteiger partial charge in [0.1, 0.15) is 5.75 Å². The van der Waals surface area contributed by atoms with Gasteiger partial charge in [-0.3, -0.25) is 4.79 Å². The summed E-state index contributed by atoms with van der Waals surface area (Å²) in [5, 5.41) is 0. The van der Waals surface area contributed by atoms with Gasteiger partial charge in [0.2, 0.25) is 5.91 Å². The maximum Gasteiger partial charge on any atom is 0.264 e. The highest BCUT2D eigenvalue weighted by molar-refractivity contribution is 7.90. The summed E-state index contributed by atoms with van der Waals surface area (Å²) in [6.07, 6.45) is 1.33. The van der Waals surface area contributed by atoms with Crippen molar-refractivity contribution in [1.82, 2.24) is 4.72 Å². The van der Waals surface area contributed by atoms with Gasteiger partial charge < -0.3 is 4.74 Å². The molecule has 1 atom stereocenters. The van der Waals surface area contributed by atoms with E-state index in [2.05, 4.69) is 4.72 Å². The van der Waals surface area contributed by atoms with Crippen molar-refractivity contribution in [3.8, 4) is 5.75 Å². The Balaban J connectivity index is 1.84. The van der Waals surface area contributed by atoms with Gasteiger partial charge in [0.25, 0.3) is 10.0 Å². The molecule has 1 unspecified atom stereocenters. The molecule has 0 aliphatic heterocycles. The minimum Gasteiger partial charge on any atom is -0.497 e. The van der Waals surface area contributed by atoms with E-state index in [-0.39, 0.29) is 4.90 Å². The van der Waals surface area contributed by atoms with E-state index in [0.29, 0.717) is 12.0 Å². The second-order valence-electron chi connectivity index (χ2n) is 5.89. The Morgan fingerprint density at radius 2 is 1.96 bits per heavy atom. The predicted octanol–water partition coefficient (Wildman–Crippen LogP) is 2.54. The number of fused-ring (bicyclic) bond motifs is 1. The molecule has 126 valence electrons. The van der Waals surface area contributed by atoms with Crippen molar-refractivity contribution in [2.24, 2.45) is 0 Å². The van der Waals surface area contributed by atoms with Gasteiger partial charge in [-0.1, -0.05) is 24.3 Å². The molecule has 24 heavy (non-hydrogen) atoms. The molecule has 2 aromatic carbocycles. The summed E-state index contributed by atoms with van der Waals surface area (Å²) in [6, 6.07) is 12.1. The van der Waals surface area contributed by atoms with Crippen LogP contribution in [0.25, 0.3) is 0 Å². The fourth-order valence-corrected chi connectivity index (χ4v) is 4.38. The van der Waals surface area contributed by atoms with E-state index in [1.165, 1.54) is 6.07 Å². The molecule has 2 aromatic rings. The van der Waals surface area contributed by atoms with Crippen LogP contribution in [0.1, 0.15) is 29.0 Å². The predicted molar refractivity (Wildman–Crippen MR) is 90.6 cm³/mol. The van der Waals surface area contributed by atoms with Gasteiger partial charge in [-0.05, 0) is 54.7 Å². The Kier molecular flexibility index (Phi) is 4.32. The number of benzene rings is 2. The maximum absolute atomic E-state index is 12.5. The average molecular weight is 345 g/mol. The van der Waals surface area contributed by atoms with E-state index < -0.39 is 21.8 Å². The van der Waals surface area contributed by atoms with Crippen molar-refractivity contribution in [2.75, 3.05) is 7.11 Å². The van der Waals surface area contributed by atoms with Gasteiger partial charge >= 0.3 is 0 Å². The van der Waals surface area contributed by atoms with Crippen molar-refractivity contribution in [3.05, 3.63) is 59.2 Å². The topological polar surface area (TPSA) is 72.5 Å². The first-order chi connectivity index (χ1) is 11.4. The molecule has 0 heterocycles. The lowest BCUT2D eigenvalue weighted by Crippen LogP contribution is -2.34. The number of hydrogen-bond donors (Lipinski definition) is 1. The monoisotopic (exact) mass is 345 g/mol. The third-order valence-electron chi connectivity index (χ3n) is 4.36. The number of carbonyl (C=O) groups is 1. The van der Waals surface area contributed by atoms with Crippen LogP contribution in [-0.4, -0.2) is 21.4 Å². The van der Waals surface area contributed by atoms with Crippen molar-refractivity contribution >= 4 is 15.9 Å². The largest absolute Gasteiger partial charge is 0.497 e. The van der Waals surface area contributed by atoms with E-state index in [4.69, 9.17) is 4.74 Å². The summed E-state index contributed by atoms with van der Waals surface area (Å²) < 4.78 is 32.4. The zero-order chi connectivity index (χ0) is 17.3. The van der Waals surface area contributed by atoms with Crippen LogP contribution in [0.2, 0.25) is 0 Å². The van der Waals surface area contributed by atoms with E-state index in [9.17, 15) is 13.2 Å². The molecule has 0 saturated heterocycles. The SMILES string of the molecule is COc1ccc2c(c1)CCC2C(=O)NS(=O)(=O)c1ccccc1C. The molecule has 0 radical (unpaired) electrons. The highest BCUT2D eigenvalue weighted by Gasteiger charge is 2.31. The van der Waals surface area contributed by atoms with Gasteiger partial charge in [-0.2, -0.15) is 0 Å². The van der Waals surface area contributed by atoms with E-state index >= 15 is 0 Å². The molecule has 0 aromatic heterocycles. The van der Waals surface area contributed by atoms with Crippen LogP contribution in [0.3, 0.4) is 0 Å². The molecule has 1 aliphatic rings. The van der Waals surface area contributed by atoms with E-state index in [1.807, 2.05) is 12.1 Å². The highest BCUT2D eigenvalue weighted by atomic mass is 32.2. The van der Waals surface area contributed by atoms with Gasteiger partial charge in [-0.25, -0.2) is 13.1 Å². The van der Waals surface area contributed by atoms with Crippen molar-refractivity contribution in [2.45, 2.75) is 30.6 Å². The molecular formula is C18H19NO4S. The smallest absolute Gasteiger partial charge is 0.264 e. The first-order valence-electron chi connectivity index (χ1n) is 7.71. The number of nitrogens with one attached hydrogen (secondary N) is 1. The Bertz CT molecular complexity index is 890. The molecule has 0 bridgehead atoms. The number of carbonyl (C=O) groups excluding carboxylic acids is 1. The molecule has 0 spiro atoms. The fourth-order valence-electron chi connectivity index (χ4n) is 3.11. The molecule has 0 fully saturated rings. The quantitative estimate of drug-likeness (QED) is 0.924. The van der Waals surface area contributed by atoms with Gasteiger partial charge in [0, 0.05) is 0 Å². The van der Waals surface area contributed by atoms with Gasteiger partial charge in [-0.15, -0.1) is 0 Å². The number of sulfonamides is 1. The second kappa shape index (κ2) is 6.28. The fraction of sp³-hybridized carbons (Fsp3) is 0.278. The number of rotatable bonds is 4. The lowest BCUT2D eigenvalue weighted by Gasteiger charge is -2.14. The molecule has 0 saturated carbocycles. The van der Waals surface area contributed by atoms with Crippen LogP contribution in [-0.2, 0) is 21.2 Å². The second-order valence-corrected chi connectivity index (χ2v) is 7.54. The van der Waals surface area contributed by atoms with Crippen LogP contribution in [0.15, 0.2) is 47.4 Å². The summed E-state index contributed by atoms with van der Waals surface area (Å²) in [6.45, 7) is 1.70. The molecule has 5 nitrogen and oxygen atoms in total. The average Bonchev–Trinajstić information content (AvgIpc) is 2.97. The maximum atomic E-state index is 12.5. The van der Waals surface area contributed by atoms with Crippen LogP contribution in [0.5, 0.6) is 5.75 Å². The molecule has 1 aliphatic carbocycles. The Labute approximate surface area is 141 Å². The van der Waals surface area contributed by atoms with Crippen molar-refractivity contribution in [3.63, 3.8) is 0 Å². The Hall–Kier alpha value is -2.34. The lowest BCUT2D eigenvalue weighted by atomic mass is 10.0. The number of hydrogen-bond acceptors (Lipinski definition) is 4. The summed E-state index contributed by atoms with van der Waals surface area (Å²) in [5.41, 5.74) is 2.51. The number of methoxy groups -OCH3 is 1. The molecule has 1 amide bonds. The normalized spacial score (nSPS) is 16.5. The third kappa shape index (κ3) is 3.01. The minimum atomic E-state index is -3.87. The summed E-state index contributed by atoms with van der Waals surface area (Å²) in [7, 11) is -2.27. The molecule has 3 rings (SSSR count). The summed E-state index contributed by atoms with van der Waals surface area (Å²) in [5.74, 6) is -0.200. The Morgan fingerprint density at radius 3 is 2.67 bits per heavy atom. The van der Waals surface area contributed by atoms with E-state index in [0.717, 1.165) is 23.3 Å². The molecule has 1 N–H and O–H groups in total. The molecular weight excluding hydrogens is 326 g/mol. The number of amides is 1. The zero-order valence-electron chi connectivity index (χ0n) is 13.6. The van der Waals surface area contributed by atoms with Crippen LogP contribution in [0, 0.1) is 6.92 Å².